The molecule has 5 nitrogen and oxygen atoms in total. The Kier molecular flexibility index (Phi) is 6.80. The molecule has 3 rings (SSSR count). The van der Waals surface area contributed by atoms with Crippen molar-refractivity contribution in [2.45, 2.75) is 25.1 Å². The van der Waals surface area contributed by atoms with Crippen LogP contribution < -0.4 is 10.1 Å². The summed E-state index contributed by atoms with van der Waals surface area (Å²) in [7, 11) is 3.54. The lowest BCUT2D eigenvalue weighted by atomic mass is 10.2. The van der Waals surface area contributed by atoms with E-state index in [-0.39, 0.29) is 0 Å². The summed E-state index contributed by atoms with van der Waals surface area (Å²) in [5, 5.41) is 7.31. The third kappa shape index (κ3) is 4.71. The smallest absolute Gasteiger partial charge is 0.194 e. The number of thiazole rings is 1. The van der Waals surface area contributed by atoms with Crippen LogP contribution in [0.1, 0.15) is 19.0 Å². The van der Waals surface area contributed by atoms with Crippen LogP contribution in [-0.2, 0) is 6.54 Å². The van der Waals surface area contributed by atoms with Crippen LogP contribution in [0.3, 0.4) is 0 Å². The number of aliphatic imine (C=N–C) groups is 1. The number of hydrogen-bond acceptors (Lipinski definition) is 5. The monoisotopic (exact) mass is 390 g/mol. The van der Waals surface area contributed by atoms with Gasteiger partial charge in [0.25, 0.3) is 0 Å². The molecule has 1 saturated heterocycles. The number of guanidine groups is 1. The Morgan fingerprint density at radius 1 is 1.38 bits per heavy atom. The van der Waals surface area contributed by atoms with Crippen LogP contribution in [0.5, 0.6) is 5.75 Å². The van der Waals surface area contributed by atoms with Crippen LogP contribution in [0.2, 0.25) is 0 Å². The molecule has 1 aliphatic rings. The number of thioether (sulfide) groups is 1. The Morgan fingerprint density at radius 2 is 2.19 bits per heavy atom. The zero-order chi connectivity index (χ0) is 18.4. The van der Waals surface area contributed by atoms with Gasteiger partial charge in [-0.05, 0) is 30.7 Å². The molecule has 140 valence electrons. The zero-order valence-corrected chi connectivity index (χ0v) is 17.2. The average molecular weight is 391 g/mol. The Balaban J connectivity index is 1.59. The van der Waals surface area contributed by atoms with Gasteiger partial charge in [0, 0.05) is 42.1 Å². The Labute approximate surface area is 163 Å². The van der Waals surface area contributed by atoms with Gasteiger partial charge in [-0.3, -0.25) is 4.99 Å². The summed E-state index contributed by atoms with van der Waals surface area (Å²) in [6, 6.07) is 8.03. The minimum absolute atomic E-state index is 0.694. The Morgan fingerprint density at radius 3 is 2.88 bits per heavy atom. The van der Waals surface area contributed by atoms with Gasteiger partial charge in [0.05, 0.1) is 19.3 Å². The van der Waals surface area contributed by atoms with Crippen molar-refractivity contribution in [1.82, 2.24) is 15.2 Å². The molecular weight excluding hydrogens is 364 g/mol. The maximum atomic E-state index is 5.21. The van der Waals surface area contributed by atoms with Crippen molar-refractivity contribution in [1.29, 1.82) is 0 Å². The normalized spacial score (nSPS) is 18.0. The molecular formula is C19H26N4OS2. The number of aromatic nitrogens is 1. The van der Waals surface area contributed by atoms with E-state index >= 15 is 0 Å². The van der Waals surface area contributed by atoms with E-state index in [1.807, 2.05) is 31.3 Å². The van der Waals surface area contributed by atoms with Crippen LogP contribution in [0, 0.1) is 0 Å². The standard InChI is InChI=1S/C19H26N4OS2/c1-4-17-12-23(9-10-25-17)19(20-2)21-11-15-13-26-18(22-15)14-5-7-16(24-3)8-6-14/h5-8,13,17H,4,9-12H2,1-3H3,(H,20,21). The summed E-state index contributed by atoms with van der Waals surface area (Å²) in [4.78, 5) is 11.6. The highest BCUT2D eigenvalue weighted by Crippen LogP contribution is 2.26. The number of hydrogen-bond donors (Lipinski definition) is 1. The molecule has 26 heavy (non-hydrogen) atoms. The van der Waals surface area contributed by atoms with Crippen LogP contribution in [0.15, 0.2) is 34.6 Å². The predicted octanol–water partition coefficient (Wildman–Crippen LogP) is 3.72. The van der Waals surface area contributed by atoms with Crippen LogP contribution in [-0.4, -0.2) is 54.1 Å². The summed E-state index contributed by atoms with van der Waals surface area (Å²) < 4.78 is 5.21. The first-order valence-corrected chi connectivity index (χ1v) is 10.8. The van der Waals surface area contributed by atoms with E-state index in [0.29, 0.717) is 11.8 Å². The van der Waals surface area contributed by atoms with Gasteiger partial charge in [-0.25, -0.2) is 4.98 Å². The van der Waals surface area contributed by atoms with Gasteiger partial charge in [-0.1, -0.05) is 6.92 Å². The molecule has 0 amide bonds. The number of ether oxygens (including phenoxy) is 1. The van der Waals surface area contributed by atoms with Gasteiger partial charge < -0.3 is 15.0 Å². The van der Waals surface area contributed by atoms with Crippen molar-refractivity contribution in [3.63, 3.8) is 0 Å². The molecule has 0 spiro atoms. The summed E-state index contributed by atoms with van der Waals surface area (Å²) in [6.07, 6.45) is 1.20. The number of methoxy groups -OCH3 is 1. The first-order valence-electron chi connectivity index (χ1n) is 8.89. The number of rotatable bonds is 5. The predicted molar refractivity (Wildman–Crippen MR) is 112 cm³/mol. The summed E-state index contributed by atoms with van der Waals surface area (Å²) >= 11 is 3.74. The molecule has 1 atom stereocenters. The van der Waals surface area contributed by atoms with Gasteiger partial charge in [-0.15, -0.1) is 11.3 Å². The molecule has 0 saturated carbocycles. The number of nitrogens with one attached hydrogen (secondary N) is 1. The van der Waals surface area contributed by atoms with E-state index in [2.05, 4.69) is 39.3 Å². The third-order valence-corrected chi connectivity index (χ3v) is 6.73. The van der Waals surface area contributed by atoms with Crippen molar-refractivity contribution >= 4 is 29.1 Å². The van der Waals surface area contributed by atoms with E-state index in [4.69, 9.17) is 9.72 Å². The van der Waals surface area contributed by atoms with E-state index < -0.39 is 0 Å². The van der Waals surface area contributed by atoms with E-state index in [0.717, 1.165) is 46.8 Å². The number of benzene rings is 1. The average Bonchev–Trinajstić information content (AvgIpc) is 3.17. The molecule has 1 aromatic carbocycles. The van der Waals surface area contributed by atoms with Crippen LogP contribution in [0.25, 0.3) is 10.6 Å². The second kappa shape index (κ2) is 9.28. The van der Waals surface area contributed by atoms with Crippen LogP contribution in [0.4, 0.5) is 0 Å². The molecule has 0 radical (unpaired) electrons. The lowest BCUT2D eigenvalue weighted by Crippen LogP contribution is -2.47. The first-order chi connectivity index (χ1) is 12.7. The topological polar surface area (TPSA) is 49.8 Å². The van der Waals surface area contributed by atoms with Crippen molar-refractivity contribution < 1.29 is 4.74 Å². The molecule has 1 aliphatic heterocycles. The SMILES string of the molecule is CCC1CN(C(=NC)NCc2csc(-c3ccc(OC)cc3)n2)CCS1. The number of nitrogens with zero attached hydrogens (tertiary/aromatic N) is 3. The second-order valence-corrected chi connectivity index (χ2v) is 8.39. The highest BCUT2D eigenvalue weighted by atomic mass is 32.2. The fourth-order valence-electron chi connectivity index (χ4n) is 2.91. The lowest BCUT2D eigenvalue weighted by Gasteiger charge is -2.34. The fourth-order valence-corrected chi connectivity index (χ4v) is 4.92. The molecule has 1 N–H and O–H groups in total. The van der Waals surface area contributed by atoms with Gasteiger partial charge >= 0.3 is 0 Å². The molecule has 0 bridgehead atoms. The minimum Gasteiger partial charge on any atom is -0.497 e. The largest absolute Gasteiger partial charge is 0.497 e. The lowest BCUT2D eigenvalue weighted by molar-refractivity contribution is 0.408. The maximum Gasteiger partial charge on any atom is 0.194 e. The Hall–Kier alpha value is -1.73. The molecule has 2 heterocycles. The van der Waals surface area contributed by atoms with Crippen molar-refractivity contribution in [2.24, 2.45) is 4.99 Å². The molecule has 0 aliphatic carbocycles. The van der Waals surface area contributed by atoms with E-state index in [1.54, 1.807) is 18.4 Å². The second-order valence-electron chi connectivity index (χ2n) is 6.12. The van der Waals surface area contributed by atoms with Crippen molar-refractivity contribution in [3.8, 4) is 16.3 Å². The quantitative estimate of drug-likeness (QED) is 0.623. The van der Waals surface area contributed by atoms with Crippen molar-refractivity contribution in [2.75, 3.05) is 33.0 Å². The van der Waals surface area contributed by atoms with Gasteiger partial charge in [0.15, 0.2) is 5.96 Å². The van der Waals surface area contributed by atoms with Gasteiger partial charge in [0.1, 0.15) is 10.8 Å². The maximum absolute atomic E-state index is 5.21. The first kappa shape index (κ1) is 19.0. The highest BCUT2D eigenvalue weighted by Gasteiger charge is 2.21. The van der Waals surface area contributed by atoms with Crippen molar-refractivity contribution in [3.05, 3.63) is 35.3 Å². The molecule has 1 unspecified atom stereocenters. The van der Waals surface area contributed by atoms with Gasteiger partial charge in [0.2, 0.25) is 0 Å². The molecule has 1 aromatic heterocycles. The summed E-state index contributed by atoms with van der Waals surface area (Å²) in [5.41, 5.74) is 2.16. The minimum atomic E-state index is 0.694. The van der Waals surface area contributed by atoms with E-state index in [1.165, 1.54) is 6.42 Å². The van der Waals surface area contributed by atoms with E-state index in [9.17, 15) is 0 Å². The van der Waals surface area contributed by atoms with Crippen LogP contribution >= 0.6 is 23.1 Å². The van der Waals surface area contributed by atoms with Gasteiger partial charge in [-0.2, -0.15) is 11.8 Å². The summed E-state index contributed by atoms with van der Waals surface area (Å²) in [6.45, 7) is 5.07. The molecule has 7 heteroatoms. The molecule has 1 fully saturated rings. The zero-order valence-electron chi connectivity index (χ0n) is 15.6. The highest BCUT2D eigenvalue weighted by molar-refractivity contribution is 8.00. The summed E-state index contributed by atoms with van der Waals surface area (Å²) in [5.74, 6) is 3.00. The molecule has 2 aromatic rings. The fraction of sp³-hybridized carbons (Fsp3) is 0.474. The Bertz CT molecular complexity index is 729. The third-order valence-electron chi connectivity index (χ3n) is 4.42.